The molecule has 0 aliphatic carbocycles. The number of non-ortho nitro benzene ring substituents is 1. The van der Waals surface area contributed by atoms with E-state index in [9.17, 15) is 33.3 Å². The van der Waals surface area contributed by atoms with Crippen molar-refractivity contribution in [3.05, 3.63) is 43.4 Å². The van der Waals surface area contributed by atoms with Crippen molar-refractivity contribution in [2.45, 2.75) is 6.18 Å². The smallest absolute Gasteiger partial charge is 0.416 e. The third-order valence-corrected chi connectivity index (χ3v) is 2.25. The molecule has 0 saturated carbocycles. The van der Waals surface area contributed by atoms with Crippen LogP contribution in [-0.2, 0) is 6.18 Å². The number of nitro groups is 1. The molecule has 0 bridgehead atoms. The minimum Gasteiger partial charge on any atom is -0.571 e. The van der Waals surface area contributed by atoms with E-state index in [4.69, 9.17) is 0 Å². The van der Waals surface area contributed by atoms with Crippen LogP contribution in [0.4, 0.5) is 18.9 Å². The quantitative estimate of drug-likeness (QED) is 0.352. The summed E-state index contributed by atoms with van der Waals surface area (Å²) in [6, 6.07) is 0.614. The highest BCUT2D eigenvalue weighted by Gasteiger charge is 2.34. The normalized spacial score (nSPS) is 11.7. The zero-order valence-corrected chi connectivity index (χ0v) is 8.76. The van der Waals surface area contributed by atoms with Crippen LogP contribution in [0.15, 0.2) is 16.9 Å². The van der Waals surface area contributed by atoms with Gasteiger partial charge in [0.05, 0.1) is 15.9 Å². The third-order valence-electron chi connectivity index (χ3n) is 2.25. The van der Waals surface area contributed by atoms with Crippen molar-refractivity contribution in [2.24, 2.45) is 0 Å². The lowest BCUT2D eigenvalue weighted by atomic mass is 10.1. The lowest BCUT2D eigenvalue weighted by Gasteiger charge is -2.06. The summed E-state index contributed by atoms with van der Waals surface area (Å²) in [5.41, 5.74) is -4.35. The molecule has 2 aromatic rings. The lowest BCUT2D eigenvalue weighted by Crippen LogP contribution is -2.41. The van der Waals surface area contributed by atoms with Gasteiger partial charge in [0.25, 0.3) is 0 Å². The largest absolute Gasteiger partial charge is 0.571 e. The lowest BCUT2D eigenvalue weighted by molar-refractivity contribution is -0.727. The van der Waals surface area contributed by atoms with E-state index in [1.165, 1.54) is 0 Å². The Balaban J connectivity index is 2.96. The van der Waals surface area contributed by atoms with Crippen molar-refractivity contribution in [2.75, 3.05) is 0 Å². The van der Waals surface area contributed by atoms with Gasteiger partial charge in [-0.15, -0.1) is 0 Å². The highest BCUT2D eigenvalue weighted by Crippen LogP contribution is 2.34. The van der Waals surface area contributed by atoms with E-state index in [0.717, 1.165) is 0 Å². The molecule has 100 valence electrons. The van der Waals surface area contributed by atoms with E-state index in [1.807, 2.05) is 0 Å². The second kappa shape index (κ2) is 3.90. The molecular weight excluding hydrogens is 273 g/mol. The van der Waals surface area contributed by atoms with Gasteiger partial charge in [0.2, 0.25) is 5.52 Å². The summed E-state index contributed by atoms with van der Waals surface area (Å²) in [4.78, 5) is 20.5. The summed E-state index contributed by atoms with van der Waals surface area (Å²) < 4.78 is 37.6. The number of nitrogens with zero attached hydrogens (tertiary/aromatic N) is 3. The van der Waals surface area contributed by atoms with Gasteiger partial charge in [0.1, 0.15) is 0 Å². The number of fused-ring (bicyclic) bond motifs is 1. The van der Waals surface area contributed by atoms with Crippen molar-refractivity contribution in [3.63, 3.8) is 0 Å². The molecule has 1 aromatic carbocycles. The zero-order valence-electron chi connectivity index (χ0n) is 8.76. The molecule has 0 unspecified atom stereocenters. The van der Waals surface area contributed by atoms with Gasteiger partial charge in [-0.05, 0) is 6.07 Å². The van der Waals surface area contributed by atoms with Gasteiger partial charge in [0, 0.05) is 16.1 Å². The molecule has 19 heavy (non-hydrogen) atoms. The molecule has 2 rings (SSSR count). The van der Waals surface area contributed by atoms with Gasteiger partial charge in [-0.25, -0.2) is 0 Å². The molecule has 1 heterocycles. The second-order valence-electron chi connectivity index (χ2n) is 3.46. The molecule has 0 atom stereocenters. The molecule has 11 heteroatoms. The van der Waals surface area contributed by atoms with Crippen LogP contribution in [0.5, 0.6) is 0 Å². The minimum absolute atomic E-state index is 0.217. The maximum absolute atomic E-state index is 12.5. The molecule has 1 aromatic heterocycles. The molecule has 0 saturated heterocycles. The predicted octanol–water partition coefficient (Wildman–Crippen LogP) is 0.484. The minimum atomic E-state index is -4.87. The van der Waals surface area contributed by atoms with E-state index in [-0.39, 0.29) is 11.0 Å². The van der Waals surface area contributed by atoms with Crippen LogP contribution in [-0.4, -0.2) is 15.1 Å². The van der Waals surface area contributed by atoms with Crippen LogP contribution in [0.25, 0.3) is 10.9 Å². The molecular formula is C8H3F3N4O4. The first kappa shape index (κ1) is 12.7. The van der Waals surface area contributed by atoms with E-state index >= 15 is 0 Å². The fourth-order valence-corrected chi connectivity index (χ4v) is 1.46. The summed E-state index contributed by atoms with van der Waals surface area (Å²) in [6.45, 7) is 0. The Morgan fingerprint density at radius 2 is 2.00 bits per heavy atom. The first-order chi connectivity index (χ1) is 8.70. The van der Waals surface area contributed by atoms with Gasteiger partial charge in [0.15, 0.2) is 0 Å². The zero-order chi connectivity index (χ0) is 14.4. The molecule has 0 radical (unpaired) electrons. The Morgan fingerprint density at radius 1 is 1.37 bits per heavy atom. The van der Waals surface area contributed by atoms with Crippen molar-refractivity contribution in [1.82, 2.24) is 10.2 Å². The molecule has 0 aliphatic rings. The molecule has 8 nitrogen and oxygen atoms in total. The summed E-state index contributed by atoms with van der Waals surface area (Å²) >= 11 is 0. The maximum atomic E-state index is 12.5. The topological polar surface area (TPSA) is 116 Å². The van der Waals surface area contributed by atoms with Crippen molar-refractivity contribution >= 4 is 16.6 Å². The van der Waals surface area contributed by atoms with Gasteiger partial charge < -0.3 is 5.21 Å². The van der Waals surface area contributed by atoms with E-state index in [2.05, 4.69) is 5.10 Å². The monoisotopic (exact) mass is 276 g/mol. The Labute approximate surface area is 100 Å². The number of nitro benzene ring substituents is 1. The van der Waals surface area contributed by atoms with Crippen molar-refractivity contribution in [1.29, 1.82) is 0 Å². The summed E-state index contributed by atoms with van der Waals surface area (Å²) in [7, 11) is 0. The van der Waals surface area contributed by atoms with Gasteiger partial charge in [-0.2, -0.15) is 13.2 Å². The van der Waals surface area contributed by atoms with E-state index in [1.54, 1.807) is 5.10 Å². The van der Waals surface area contributed by atoms with Crippen LogP contribution >= 0.6 is 0 Å². The first-order valence-electron chi connectivity index (χ1n) is 4.59. The number of H-pyrrole nitrogens is 1. The molecule has 1 N–H and O–H groups in total. The molecule has 0 spiro atoms. The Kier molecular flexibility index (Phi) is 2.61. The van der Waals surface area contributed by atoms with Gasteiger partial charge in [-0.1, -0.05) is 5.10 Å². The number of alkyl halides is 3. The summed E-state index contributed by atoms with van der Waals surface area (Å²) in [5.74, 6) is 0. The number of hydrogen-bond acceptors (Lipinski definition) is 5. The van der Waals surface area contributed by atoms with Gasteiger partial charge >= 0.3 is 17.4 Å². The van der Waals surface area contributed by atoms with Crippen molar-refractivity contribution in [3.8, 4) is 0 Å². The fourth-order valence-electron chi connectivity index (χ4n) is 1.46. The van der Waals surface area contributed by atoms with Crippen molar-refractivity contribution < 1.29 is 23.1 Å². The van der Waals surface area contributed by atoms with Gasteiger partial charge in [-0.3, -0.25) is 14.9 Å². The molecule has 0 fully saturated rings. The van der Waals surface area contributed by atoms with Crippen LogP contribution in [0, 0.1) is 15.3 Å². The fraction of sp³-hybridized carbons (Fsp3) is 0.125. The first-order valence-corrected chi connectivity index (χ1v) is 4.59. The summed E-state index contributed by atoms with van der Waals surface area (Å²) in [5, 5.41) is 25.5. The standard InChI is InChI=1S/C8H3F3N4O4/c9-8(10,11)3-1-4-6(5(2-3)14(17)18)12-15(19)13-7(4)16/h1-2H,(H,12,13,16). The van der Waals surface area contributed by atoms with E-state index < -0.39 is 38.8 Å². The van der Waals surface area contributed by atoms with E-state index in [0.29, 0.717) is 6.07 Å². The van der Waals surface area contributed by atoms with Crippen LogP contribution in [0.2, 0.25) is 0 Å². The number of aromatic nitrogens is 3. The third kappa shape index (κ3) is 2.17. The number of nitrogens with one attached hydrogen (secondary N) is 1. The number of benzene rings is 1. The molecule has 0 amide bonds. The molecule has 0 aliphatic heterocycles. The number of hydrogen-bond donors (Lipinski definition) is 1. The number of halogens is 3. The number of rotatable bonds is 1. The predicted molar refractivity (Wildman–Crippen MR) is 53.0 cm³/mol. The van der Waals surface area contributed by atoms with Crippen LogP contribution in [0.1, 0.15) is 5.56 Å². The summed E-state index contributed by atoms with van der Waals surface area (Å²) in [6.07, 6.45) is -4.87. The second-order valence-corrected chi connectivity index (χ2v) is 3.46. The Bertz CT molecular complexity index is 739. The average Bonchev–Trinajstić information content (AvgIpc) is 2.25. The van der Waals surface area contributed by atoms with Crippen LogP contribution < -0.4 is 10.5 Å². The average molecular weight is 276 g/mol. The SMILES string of the molecule is O=c1[nH][n+]([O-])nc2c([N+](=O)[O-])cc(C(F)(F)F)cc12. The number of aromatic amines is 1. The Hall–Kier alpha value is -2.72. The maximum Gasteiger partial charge on any atom is 0.416 e. The highest BCUT2D eigenvalue weighted by atomic mass is 19.4. The van der Waals surface area contributed by atoms with Crippen LogP contribution in [0.3, 0.4) is 0 Å². The Morgan fingerprint density at radius 3 is 2.53 bits per heavy atom. The highest BCUT2D eigenvalue weighted by molar-refractivity contribution is 5.86.